The maximum atomic E-state index is 12.9. The minimum absolute atomic E-state index is 0.293. The molecule has 0 saturated carbocycles. The van der Waals surface area contributed by atoms with E-state index in [9.17, 15) is 9.18 Å². The number of nitrogens with one attached hydrogen (secondary N) is 1. The van der Waals surface area contributed by atoms with Crippen molar-refractivity contribution in [1.82, 2.24) is 5.32 Å². The molecule has 1 rings (SSSR count). The highest BCUT2D eigenvalue weighted by Crippen LogP contribution is 2.16. The van der Waals surface area contributed by atoms with E-state index < -0.39 is 5.54 Å². The topological polar surface area (TPSA) is 47.6 Å². The zero-order valence-electron chi connectivity index (χ0n) is 12.2. The molecule has 112 valence electrons. The van der Waals surface area contributed by atoms with Gasteiger partial charge in [0.1, 0.15) is 11.4 Å². The first-order valence-electron chi connectivity index (χ1n) is 6.67. The zero-order valence-corrected chi connectivity index (χ0v) is 12.2. The van der Waals surface area contributed by atoms with Crippen molar-refractivity contribution in [3.05, 3.63) is 35.6 Å². The van der Waals surface area contributed by atoms with Crippen molar-refractivity contribution in [3.8, 4) is 0 Å². The fourth-order valence-corrected chi connectivity index (χ4v) is 1.94. The number of carbonyl (C=O) groups excluding carboxylic acids is 1. The second-order valence-electron chi connectivity index (χ2n) is 4.78. The Morgan fingerprint density at radius 3 is 2.55 bits per heavy atom. The molecule has 20 heavy (non-hydrogen) atoms. The van der Waals surface area contributed by atoms with Crippen LogP contribution in [0.15, 0.2) is 24.3 Å². The van der Waals surface area contributed by atoms with E-state index in [0.29, 0.717) is 26.2 Å². The van der Waals surface area contributed by atoms with Crippen molar-refractivity contribution < 1.29 is 18.7 Å². The predicted octanol–water partition coefficient (Wildman–Crippen LogP) is 1.93. The predicted molar refractivity (Wildman–Crippen MR) is 75.0 cm³/mol. The lowest BCUT2D eigenvalue weighted by Crippen LogP contribution is -2.53. The summed E-state index contributed by atoms with van der Waals surface area (Å²) in [5, 5.41) is 3.15. The third kappa shape index (κ3) is 4.90. The van der Waals surface area contributed by atoms with E-state index in [2.05, 4.69) is 5.32 Å². The molecule has 0 radical (unpaired) electrons. The number of hydrogen-bond acceptors (Lipinski definition) is 4. The fourth-order valence-electron chi connectivity index (χ4n) is 1.94. The van der Waals surface area contributed by atoms with E-state index in [0.717, 1.165) is 5.56 Å². The van der Waals surface area contributed by atoms with E-state index in [4.69, 9.17) is 9.47 Å². The van der Waals surface area contributed by atoms with Crippen molar-refractivity contribution >= 4 is 5.97 Å². The molecule has 0 aliphatic heterocycles. The Morgan fingerprint density at radius 2 is 2.00 bits per heavy atom. The summed E-state index contributed by atoms with van der Waals surface area (Å²) in [7, 11) is 1.60. The summed E-state index contributed by atoms with van der Waals surface area (Å²) in [5.41, 5.74) is 0.0127. The molecular weight excluding hydrogens is 261 g/mol. The summed E-state index contributed by atoms with van der Waals surface area (Å²) in [5.74, 6) is -0.612. The molecule has 0 heterocycles. The number of halogens is 1. The normalized spacial score (nSPS) is 13.8. The van der Waals surface area contributed by atoms with Crippen LogP contribution in [-0.2, 0) is 20.7 Å². The van der Waals surface area contributed by atoms with Crippen molar-refractivity contribution in [3.63, 3.8) is 0 Å². The van der Waals surface area contributed by atoms with Crippen molar-refractivity contribution in [2.24, 2.45) is 0 Å². The quantitative estimate of drug-likeness (QED) is 0.585. The van der Waals surface area contributed by atoms with Crippen LogP contribution in [0.2, 0.25) is 0 Å². The largest absolute Gasteiger partial charge is 0.465 e. The average Bonchev–Trinajstić information content (AvgIpc) is 2.42. The molecule has 0 fully saturated rings. The SMILES string of the molecule is CCOC(=O)C(C)(Cc1ccc(F)cc1)NCCOC. The summed E-state index contributed by atoms with van der Waals surface area (Å²) >= 11 is 0. The van der Waals surface area contributed by atoms with Crippen molar-refractivity contribution in [1.29, 1.82) is 0 Å². The monoisotopic (exact) mass is 283 g/mol. The Hall–Kier alpha value is -1.46. The van der Waals surface area contributed by atoms with E-state index in [-0.39, 0.29) is 11.8 Å². The number of methoxy groups -OCH3 is 1. The summed E-state index contributed by atoms with van der Waals surface area (Å²) in [6, 6.07) is 6.11. The Labute approximate surface area is 119 Å². The lowest BCUT2D eigenvalue weighted by molar-refractivity contribution is -0.150. The van der Waals surface area contributed by atoms with Crippen LogP contribution >= 0.6 is 0 Å². The first kappa shape index (κ1) is 16.6. The standard InChI is InChI=1S/C15H22FNO3/c1-4-20-14(18)15(2,17-9-10-19-3)11-12-5-7-13(16)8-6-12/h5-8,17H,4,9-11H2,1-3H3. The number of esters is 1. The van der Waals surface area contributed by atoms with Gasteiger partial charge < -0.3 is 9.47 Å². The molecule has 5 heteroatoms. The summed E-state index contributed by atoms with van der Waals surface area (Å²) in [6.45, 7) is 4.91. The van der Waals surface area contributed by atoms with Gasteiger partial charge in [-0.3, -0.25) is 10.1 Å². The maximum absolute atomic E-state index is 12.9. The molecule has 0 saturated heterocycles. The number of carbonyl (C=O) groups is 1. The molecule has 0 bridgehead atoms. The van der Waals surface area contributed by atoms with Gasteiger partial charge in [-0.2, -0.15) is 0 Å². The second kappa shape index (κ2) is 7.97. The molecule has 1 N–H and O–H groups in total. The lowest BCUT2D eigenvalue weighted by atomic mass is 9.92. The van der Waals surface area contributed by atoms with Gasteiger partial charge >= 0.3 is 5.97 Å². The van der Waals surface area contributed by atoms with Gasteiger partial charge in [-0.1, -0.05) is 12.1 Å². The molecule has 1 unspecified atom stereocenters. The van der Waals surface area contributed by atoms with Crippen LogP contribution in [0.3, 0.4) is 0 Å². The number of ether oxygens (including phenoxy) is 2. The van der Waals surface area contributed by atoms with Gasteiger partial charge in [0.25, 0.3) is 0 Å². The number of rotatable bonds is 8. The van der Waals surface area contributed by atoms with E-state index in [1.54, 1.807) is 33.1 Å². The first-order chi connectivity index (χ1) is 9.51. The second-order valence-corrected chi connectivity index (χ2v) is 4.78. The summed E-state index contributed by atoms with van der Waals surface area (Å²) in [6.07, 6.45) is 0.426. The number of benzene rings is 1. The Balaban J connectivity index is 2.80. The smallest absolute Gasteiger partial charge is 0.326 e. The average molecular weight is 283 g/mol. The molecule has 1 atom stereocenters. The van der Waals surface area contributed by atoms with E-state index >= 15 is 0 Å². The minimum atomic E-state index is -0.855. The van der Waals surface area contributed by atoms with E-state index in [1.807, 2.05) is 0 Å². The molecule has 1 aromatic rings. The highest BCUT2D eigenvalue weighted by Gasteiger charge is 2.34. The molecule has 0 aliphatic carbocycles. The van der Waals surface area contributed by atoms with Crippen LogP contribution in [0, 0.1) is 5.82 Å². The molecule has 0 aliphatic rings. The summed E-state index contributed by atoms with van der Waals surface area (Å²) < 4.78 is 23.0. The number of hydrogen-bond donors (Lipinski definition) is 1. The van der Waals surface area contributed by atoms with Gasteiger partial charge in [-0.15, -0.1) is 0 Å². The Bertz CT molecular complexity index is 422. The van der Waals surface area contributed by atoms with Gasteiger partial charge in [-0.25, -0.2) is 4.39 Å². The van der Waals surface area contributed by atoms with Gasteiger partial charge in [0.15, 0.2) is 0 Å². The highest BCUT2D eigenvalue weighted by atomic mass is 19.1. The van der Waals surface area contributed by atoms with Crippen molar-refractivity contribution in [2.45, 2.75) is 25.8 Å². The Kier molecular flexibility index (Phi) is 6.61. The van der Waals surface area contributed by atoms with Crippen LogP contribution in [0.25, 0.3) is 0 Å². The van der Waals surface area contributed by atoms with Gasteiger partial charge in [0.2, 0.25) is 0 Å². The molecule has 4 nitrogen and oxygen atoms in total. The van der Waals surface area contributed by atoms with Gasteiger partial charge in [0.05, 0.1) is 13.2 Å². The molecule has 1 aromatic carbocycles. The third-order valence-electron chi connectivity index (χ3n) is 3.02. The minimum Gasteiger partial charge on any atom is -0.465 e. The highest BCUT2D eigenvalue weighted by molar-refractivity contribution is 5.80. The molecule has 0 amide bonds. The lowest BCUT2D eigenvalue weighted by Gasteiger charge is -2.28. The third-order valence-corrected chi connectivity index (χ3v) is 3.02. The van der Waals surface area contributed by atoms with Crippen molar-refractivity contribution in [2.75, 3.05) is 26.9 Å². The first-order valence-corrected chi connectivity index (χ1v) is 6.67. The molecule has 0 spiro atoms. The van der Waals surface area contributed by atoms with Gasteiger partial charge in [-0.05, 0) is 31.5 Å². The summed E-state index contributed by atoms with van der Waals surface area (Å²) in [4.78, 5) is 12.1. The van der Waals surface area contributed by atoms with Crippen LogP contribution in [0.5, 0.6) is 0 Å². The van der Waals surface area contributed by atoms with Gasteiger partial charge in [0, 0.05) is 20.1 Å². The maximum Gasteiger partial charge on any atom is 0.326 e. The Morgan fingerprint density at radius 1 is 1.35 bits per heavy atom. The molecule has 0 aromatic heterocycles. The molecular formula is C15H22FNO3. The van der Waals surface area contributed by atoms with Crippen LogP contribution < -0.4 is 5.32 Å². The van der Waals surface area contributed by atoms with Crippen LogP contribution in [0.4, 0.5) is 4.39 Å². The van der Waals surface area contributed by atoms with E-state index in [1.165, 1.54) is 12.1 Å². The van der Waals surface area contributed by atoms with Crippen LogP contribution in [-0.4, -0.2) is 38.4 Å². The fraction of sp³-hybridized carbons (Fsp3) is 0.533. The van der Waals surface area contributed by atoms with Crippen LogP contribution in [0.1, 0.15) is 19.4 Å². The zero-order chi connectivity index (χ0) is 15.0.